The number of nitrogens with one attached hydrogen (secondary N) is 2. The van der Waals surface area contributed by atoms with Gasteiger partial charge in [0, 0.05) is 30.8 Å². The van der Waals surface area contributed by atoms with Crippen molar-refractivity contribution in [1.29, 1.82) is 0 Å². The zero-order valence-electron chi connectivity index (χ0n) is 14.9. The molecule has 1 aromatic rings. The number of hydrogen-bond donors (Lipinski definition) is 2. The van der Waals surface area contributed by atoms with E-state index >= 15 is 0 Å². The van der Waals surface area contributed by atoms with Crippen molar-refractivity contribution in [2.24, 2.45) is 5.92 Å². The molecular formula is C20H29N3O2. The molecule has 136 valence electrons. The lowest BCUT2D eigenvalue weighted by atomic mass is 9.97. The van der Waals surface area contributed by atoms with E-state index in [-0.39, 0.29) is 6.03 Å². The molecule has 0 bridgehead atoms. The van der Waals surface area contributed by atoms with Crippen LogP contribution in [0.4, 0.5) is 10.5 Å². The molecular weight excluding hydrogens is 314 g/mol. The highest BCUT2D eigenvalue weighted by molar-refractivity contribution is 5.89. The molecule has 1 aliphatic carbocycles. The zero-order valence-corrected chi connectivity index (χ0v) is 14.9. The fourth-order valence-electron chi connectivity index (χ4n) is 4.55. The second-order valence-electron chi connectivity index (χ2n) is 7.61. The molecule has 0 saturated carbocycles. The van der Waals surface area contributed by atoms with Crippen LogP contribution in [0, 0.1) is 5.92 Å². The summed E-state index contributed by atoms with van der Waals surface area (Å²) in [6.07, 6.45) is 7.17. The van der Waals surface area contributed by atoms with E-state index in [4.69, 9.17) is 4.74 Å². The molecule has 2 atom stereocenters. The molecule has 3 aliphatic rings. The number of carbonyl (C=O) groups excluding carboxylic acids is 1. The number of ether oxygens (including phenoxy) is 1. The van der Waals surface area contributed by atoms with Crippen molar-refractivity contribution >= 4 is 11.7 Å². The Morgan fingerprint density at radius 3 is 2.84 bits per heavy atom. The van der Waals surface area contributed by atoms with Crippen molar-refractivity contribution in [1.82, 2.24) is 10.2 Å². The van der Waals surface area contributed by atoms with Crippen LogP contribution in [0.2, 0.25) is 0 Å². The van der Waals surface area contributed by atoms with E-state index in [1.165, 1.54) is 36.8 Å². The van der Waals surface area contributed by atoms with Gasteiger partial charge in [-0.1, -0.05) is 6.07 Å². The summed E-state index contributed by atoms with van der Waals surface area (Å²) in [7, 11) is 0. The minimum atomic E-state index is -0.0962. The lowest BCUT2D eigenvalue weighted by Crippen LogP contribution is -2.48. The third kappa shape index (κ3) is 3.98. The number of carbonyl (C=O) groups is 1. The molecule has 5 nitrogen and oxygen atoms in total. The Hall–Kier alpha value is -1.59. The molecule has 1 aromatic carbocycles. The van der Waals surface area contributed by atoms with Crippen molar-refractivity contribution in [3.8, 4) is 0 Å². The van der Waals surface area contributed by atoms with E-state index < -0.39 is 0 Å². The number of benzene rings is 1. The molecule has 0 spiro atoms. The summed E-state index contributed by atoms with van der Waals surface area (Å²) < 4.78 is 5.59. The minimum absolute atomic E-state index is 0.0962. The standard InChI is InChI=1S/C20H29N3O2/c24-20(22-18-7-6-15-4-3-5-16(15)12-18)21-13-19(17-8-11-25-14-17)23-9-1-2-10-23/h6-7,12,17,19H,1-5,8-11,13-14H2,(H2,21,22,24)/t17-,19-/m1/s1. The first-order valence-electron chi connectivity index (χ1n) is 9.78. The molecule has 0 radical (unpaired) electrons. The molecule has 2 aliphatic heterocycles. The van der Waals surface area contributed by atoms with Crippen LogP contribution in [0.15, 0.2) is 18.2 Å². The number of aryl methyl sites for hydroxylation is 2. The lowest BCUT2D eigenvalue weighted by Gasteiger charge is -2.32. The van der Waals surface area contributed by atoms with Gasteiger partial charge in [-0.15, -0.1) is 0 Å². The first-order valence-corrected chi connectivity index (χ1v) is 9.78. The van der Waals surface area contributed by atoms with Crippen LogP contribution in [0.5, 0.6) is 0 Å². The summed E-state index contributed by atoms with van der Waals surface area (Å²) in [6, 6.07) is 6.61. The highest BCUT2D eigenvalue weighted by Crippen LogP contribution is 2.25. The number of fused-ring (bicyclic) bond motifs is 1. The summed E-state index contributed by atoms with van der Waals surface area (Å²) in [4.78, 5) is 14.9. The zero-order chi connectivity index (χ0) is 17.1. The number of nitrogens with zero attached hydrogens (tertiary/aromatic N) is 1. The molecule has 2 saturated heterocycles. The molecule has 25 heavy (non-hydrogen) atoms. The average molecular weight is 343 g/mol. The molecule has 2 heterocycles. The number of hydrogen-bond acceptors (Lipinski definition) is 3. The second-order valence-corrected chi connectivity index (χ2v) is 7.61. The monoisotopic (exact) mass is 343 g/mol. The van der Waals surface area contributed by atoms with Crippen LogP contribution >= 0.6 is 0 Å². The molecule has 5 heteroatoms. The van der Waals surface area contributed by atoms with Crippen molar-refractivity contribution in [2.45, 2.75) is 44.6 Å². The largest absolute Gasteiger partial charge is 0.381 e. The summed E-state index contributed by atoms with van der Waals surface area (Å²) >= 11 is 0. The number of urea groups is 1. The Morgan fingerprint density at radius 2 is 2.04 bits per heavy atom. The third-order valence-corrected chi connectivity index (χ3v) is 5.95. The average Bonchev–Trinajstić information content (AvgIpc) is 3.37. The Morgan fingerprint density at radius 1 is 1.20 bits per heavy atom. The van der Waals surface area contributed by atoms with E-state index in [0.29, 0.717) is 18.5 Å². The maximum Gasteiger partial charge on any atom is 0.319 e. The lowest BCUT2D eigenvalue weighted by molar-refractivity contribution is 0.135. The molecule has 2 N–H and O–H groups in total. The van der Waals surface area contributed by atoms with Crippen molar-refractivity contribution < 1.29 is 9.53 Å². The van der Waals surface area contributed by atoms with Crippen molar-refractivity contribution in [3.05, 3.63) is 29.3 Å². The van der Waals surface area contributed by atoms with Gasteiger partial charge in [0.2, 0.25) is 0 Å². The molecule has 4 rings (SSSR count). The molecule has 2 amide bonds. The van der Waals surface area contributed by atoms with Crippen molar-refractivity contribution in [3.63, 3.8) is 0 Å². The van der Waals surface area contributed by atoms with E-state index in [1.54, 1.807) is 0 Å². The van der Waals surface area contributed by atoms with Crippen LogP contribution < -0.4 is 10.6 Å². The Balaban J connectivity index is 1.33. The summed E-state index contributed by atoms with van der Waals surface area (Å²) in [6.45, 7) is 4.68. The van der Waals surface area contributed by atoms with Gasteiger partial charge in [0.05, 0.1) is 6.61 Å². The number of likely N-dealkylation sites (tertiary alicyclic amines) is 1. The molecule has 2 fully saturated rings. The van der Waals surface area contributed by atoms with Gasteiger partial charge < -0.3 is 15.4 Å². The summed E-state index contributed by atoms with van der Waals surface area (Å²) in [5.74, 6) is 0.540. The second kappa shape index (κ2) is 7.75. The van der Waals surface area contributed by atoms with E-state index in [9.17, 15) is 4.79 Å². The van der Waals surface area contributed by atoms with Crippen LogP contribution in [0.3, 0.4) is 0 Å². The van der Waals surface area contributed by atoms with Crippen LogP contribution in [-0.2, 0) is 17.6 Å². The first-order chi connectivity index (χ1) is 12.3. The van der Waals surface area contributed by atoms with Gasteiger partial charge in [0.15, 0.2) is 0 Å². The van der Waals surface area contributed by atoms with Gasteiger partial charge in [0.25, 0.3) is 0 Å². The first kappa shape index (κ1) is 16.9. The van der Waals surface area contributed by atoms with Gasteiger partial charge in [-0.25, -0.2) is 4.79 Å². The number of rotatable bonds is 5. The predicted octanol–water partition coefficient (Wildman–Crippen LogP) is 2.80. The van der Waals surface area contributed by atoms with Crippen molar-refractivity contribution in [2.75, 3.05) is 38.2 Å². The highest BCUT2D eigenvalue weighted by atomic mass is 16.5. The van der Waals surface area contributed by atoms with Gasteiger partial charge in [0.1, 0.15) is 0 Å². The third-order valence-electron chi connectivity index (χ3n) is 5.95. The van der Waals surface area contributed by atoms with Gasteiger partial charge in [-0.2, -0.15) is 0 Å². The van der Waals surface area contributed by atoms with Gasteiger partial charge in [-0.05, 0) is 74.9 Å². The quantitative estimate of drug-likeness (QED) is 0.864. The Kier molecular flexibility index (Phi) is 5.22. The minimum Gasteiger partial charge on any atom is -0.381 e. The van der Waals surface area contributed by atoms with Crippen LogP contribution in [-0.4, -0.2) is 49.8 Å². The summed E-state index contributed by atoms with van der Waals surface area (Å²) in [5, 5.41) is 6.11. The fraction of sp³-hybridized carbons (Fsp3) is 0.650. The van der Waals surface area contributed by atoms with E-state index in [0.717, 1.165) is 44.8 Å². The predicted molar refractivity (Wildman–Crippen MR) is 99.0 cm³/mol. The topological polar surface area (TPSA) is 53.6 Å². The number of amides is 2. The SMILES string of the molecule is O=C(NC[C@H]([C@@H]1CCOC1)N1CCCC1)Nc1ccc2c(c1)CCC2. The fourth-order valence-corrected chi connectivity index (χ4v) is 4.55. The Labute approximate surface area is 150 Å². The maximum atomic E-state index is 12.4. The van der Waals surface area contributed by atoms with E-state index in [2.05, 4.69) is 27.7 Å². The Bertz CT molecular complexity index is 591. The van der Waals surface area contributed by atoms with E-state index in [1.807, 2.05) is 6.07 Å². The normalized spacial score (nSPS) is 24.2. The summed E-state index contributed by atoms with van der Waals surface area (Å²) in [5.41, 5.74) is 3.72. The molecule has 0 aromatic heterocycles. The number of anilines is 1. The van der Waals surface area contributed by atoms with Crippen LogP contribution in [0.25, 0.3) is 0 Å². The maximum absolute atomic E-state index is 12.4. The smallest absolute Gasteiger partial charge is 0.319 e. The van der Waals surface area contributed by atoms with Gasteiger partial charge in [-0.3, -0.25) is 4.90 Å². The highest BCUT2D eigenvalue weighted by Gasteiger charge is 2.32. The van der Waals surface area contributed by atoms with Crippen LogP contribution in [0.1, 0.15) is 36.8 Å². The molecule has 0 unspecified atom stereocenters. The van der Waals surface area contributed by atoms with Gasteiger partial charge >= 0.3 is 6.03 Å².